The minimum atomic E-state index is -0.943. The molecule has 2 atom stereocenters. The Balaban J connectivity index is 2.55. The summed E-state index contributed by atoms with van der Waals surface area (Å²) < 4.78 is 9.27. The largest absolute Gasteiger partial charge is 0.508 e. The van der Waals surface area contributed by atoms with Crippen LogP contribution in [0.2, 0.25) is 0 Å². The highest BCUT2D eigenvalue weighted by Crippen LogP contribution is 2.23. The predicted octanol–water partition coefficient (Wildman–Crippen LogP) is 1.10. The van der Waals surface area contributed by atoms with Gasteiger partial charge in [0.1, 0.15) is 5.78 Å². The molecule has 0 aromatic carbocycles. The van der Waals surface area contributed by atoms with Gasteiger partial charge in [0, 0.05) is 0 Å². The fraction of sp³-hybridized carbons (Fsp3) is 0.700. The van der Waals surface area contributed by atoms with Crippen molar-refractivity contribution in [2.45, 2.75) is 32.8 Å². The summed E-state index contributed by atoms with van der Waals surface area (Å²) in [7, 11) is 0. The molecule has 1 aliphatic carbocycles. The summed E-state index contributed by atoms with van der Waals surface area (Å²) in [5.41, 5.74) is 0. The molecule has 84 valence electrons. The molecule has 0 saturated heterocycles. The number of Topliss-reactive ketones (excluding diaryl/α,β-unsaturated/α-hetero) is 2. The Morgan fingerprint density at radius 1 is 1.40 bits per heavy atom. The molecule has 0 heterocycles. The number of ketones is 2. The predicted molar refractivity (Wildman–Crippen MR) is 50.3 cm³/mol. The van der Waals surface area contributed by atoms with Crippen LogP contribution in [-0.4, -0.2) is 30.4 Å². The van der Waals surface area contributed by atoms with Gasteiger partial charge in [0.25, 0.3) is 0 Å². The fourth-order valence-corrected chi connectivity index (χ4v) is 1.61. The van der Waals surface area contributed by atoms with E-state index >= 15 is 0 Å². The van der Waals surface area contributed by atoms with Crippen molar-refractivity contribution >= 4 is 17.7 Å². The summed E-state index contributed by atoms with van der Waals surface area (Å²) in [4.78, 5) is 33.8. The molecule has 0 radical (unpaired) electrons. The summed E-state index contributed by atoms with van der Waals surface area (Å²) in [6.07, 6.45) is -1.39. The number of ether oxygens (including phenoxy) is 2. The lowest BCUT2D eigenvalue weighted by Crippen LogP contribution is -2.25. The first-order valence-electron chi connectivity index (χ1n) is 5.00. The van der Waals surface area contributed by atoms with Gasteiger partial charge in [0.15, 0.2) is 11.9 Å². The van der Waals surface area contributed by atoms with Gasteiger partial charge in [0.2, 0.25) is 0 Å². The van der Waals surface area contributed by atoms with E-state index < -0.39 is 18.2 Å². The molecule has 2 unspecified atom stereocenters. The van der Waals surface area contributed by atoms with Gasteiger partial charge in [-0.1, -0.05) is 6.92 Å². The third-order valence-electron chi connectivity index (χ3n) is 2.34. The topological polar surface area (TPSA) is 69.7 Å². The second-order valence-electron chi connectivity index (χ2n) is 3.32. The van der Waals surface area contributed by atoms with E-state index in [1.165, 1.54) is 0 Å². The minimum Gasteiger partial charge on any atom is -0.435 e. The molecular formula is C10H14O5. The van der Waals surface area contributed by atoms with Crippen LogP contribution in [0.25, 0.3) is 0 Å². The van der Waals surface area contributed by atoms with Crippen LogP contribution >= 0.6 is 0 Å². The zero-order valence-electron chi connectivity index (χ0n) is 8.82. The van der Waals surface area contributed by atoms with Crippen molar-refractivity contribution in [1.82, 2.24) is 0 Å². The average molecular weight is 214 g/mol. The zero-order valence-corrected chi connectivity index (χ0v) is 8.82. The van der Waals surface area contributed by atoms with Crippen LogP contribution in [0.5, 0.6) is 0 Å². The van der Waals surface area contributed by atoms with Crippen molar-refractivity contribution in [2.24, 2.45) is 5.92 Å². The van der Waals surface area contributed by atoms with Crippen molar-refractivity contribution in [3.63, 3.8) is 0 Å². The van der Waals surface area contributed by atoms with Gasteiger partial charge in [0.05, 0.1) is 18.9 Å². The lowest BCUT2D eigenvalue weighted by Gasteiger charge is -2.09. The van der Waals surface area contributed by atoms with E-state index in [-0.39, 0.29) is 24.6 Å². The van der Waals surface area contributed by atoms with Crippen LogP contribution in [-0.2, 0) is 19.1 Å². The maximum Gasteiger partial charge on any atom is 0.508 e. The summed E-state index contributed by atoms with van der Waals surface area (Å²) >= 11 is 0. The number of hydrogen-bond donors (Lipinski definition) is 0. The van der Waals surface area contributed by atoms with Gasteiger partial charge < -0.3 is 9.47 Å². The molecule has 0 aromatic rings. The van der Waals surface area contributed by atoms with E-state index in [1.54, 1.807) is 13.8 Å². The Hall–Kier alpha value is -1.39. The van der Waals surface area contributed by atoms with E-state index in [0.29, 0.717) is 6.42 Å². The highest BCUT2D eigenvalue weighted by molar-refractivity contribution is 6.11. The minimum absolute atomic E-state index is 0.0177. The molecule has 5 heteroatoms. The molecule has 0 amide bonds. The van der Waals surface area contributed by atoms with E-state index in [9.17, 15) is 14.4 Å². The van der Waals surface area contributed by atoms with Gasteiger partial charge in [-0.25, -0.2) is 4.79 Å². The van der Waals surface area contributed by atoms with Crippen LogP contribution in [0.1, 0.15) is 26.7 Å². The van der Waals surface area contributed by atoms with Crippen molar-refractivity contribution in [1.29, 1.82) is 0 Å². The average Bonchev–Trinajstić information content (AvgIpc) is 2.42. The molecule has 5 nitrogen and oxygen atoms in total. The summed E-state index contributed by atoms with van der Waals surface area (Å²) in [5, 5.41) is 0. The lowest BCUT2D eigenvalue weighted by molar-refractivity contribution is -0.130. The fourth-order valence-electron chi connectivity index (χ4n) is 1.61. The Morgan fingerprint density at radius 2 is 2.07 bits per heavy atom. The van der Waals surface area contributed by atoms with Crippen LogP contribution in [0.15, 0.2) is 0 Å². The maximum atomic E-state index is 11.5. The molecule has 1 fully saturated rings. The van der Waals surface area contributed by atoms with E-state index in [0.717, 1.165) is 0 Å². The SMILES string of the molecule is CCOC(=O)OC1CC(=O)C(CC)C1=O. The van der Waals surface area contributed by atoms with E-state index in [4.69, 9.17) is 4.74 Å². The van der Waals surface area contributed by atoms with Crippen LogP contribution < -0.4 is 0 Å². The van der Waals surface area contributed by atoms with Gasteiger partial charge in [-0.2, -0.15) is 0 Å². The Labute approximate surface area is 87.7 Å². The molecule has 1 aliphatic rings. The molecule has 1 saturated carbocycles. The molecular weight excluding hydrogens is 200 g/mol. The smallest absolute Gasteiger partial charge is 0.435 e. The first kappa shape index (κ1) is 11.7. The highest BCUT2D eigenvalue weighted by atomic mass is 16.7. The first-order valence-corrected chi connectivity index (χ1v) is 5.00. The van der Waals surface area contributed by atoms with Crippen LogP contribution in [0.4, 0.5) is 4.79 Å². The van der Waals surface area contributed by atoms with Crippen LogP contribution in [0.3, 0.4) is 0 Å². The van der Waals surface area contributed by atoms with Gasteiger partial charge in [-0.3, -0.25) is 9.59 Å². The Kier molecular flexibility index (Phi) is 3.82. The first-order chi connectivity index (χ1) is 7.10. The third kappa shape index (κ3) is 2.55. The van der Waals surface area contributed by atoms with Gasteiger partial charge >= 0.3 is 6.16 Å². The summed E-state index contributed by atoms with van der Waals surface area (Å²) in [6.45, 7) is 3.58. The Bertz CT molecular complexity index is 284. The quantitative estimate of drug-likeness (QED) is 0.519. The molecule has 15 heavy (non-hydrogen) atoms. The van der Waals surface area contributed by atoms with Crippen LogP contribution in [0, 0.1) is 5.92 Å². The van der Waals surface area contributed by atoms with Crippen molar-refractivity contribution < 1.29 is 23.9 Å². The summed E-state index contributed by atoms with van der Waals surface area (Å²) in [5.74, 6) is -1.07. The lowest BCUT2D eigenvalue weighted by atomic mass is 10.0. The van der Waals surface area contributed by atoms with E-state index in [1.807, 2.05) is 0 Å². The third-order valence-corrected chi connectivity index (χ3v) is 2.34. The van der Waals surface area contributed by atoms with Crippen molar-refractivity contribution in [3.05, 3.63) is 0 Å². The second-order valence-corrected chi connectivity index (χ2v) is 3.32. The number of hydrogen-bond acceptors (Lipinski definition) is 5. The molecule has 0 bridgehead atoms. The molecule has 1 rings (SSSR count). The number of rotatable bonds is 3. The highest BCUT2D eigenvalue weighted by Gasteiger charge is 2.42. The molecule has 0 aliphatic heterocycles. The molecule has 0 aromatic heterocycles. The van der Waals surface area contributed by atoms with E-state index in [2.05, 4.69) is 4.74 Å². The number of carbonyl (C=O) groups excluding carboxylic acids is 3. The van der Waals surface area contributed by atoms with Gasteiger partial charge in [-0.15, -0.1) is 0 Å². The maximum absolute atomic E-state index is 11.5. The Morgan fingerprint density at radius 3 is 2.53 bits per heavy atom. The van der Waals surface area contributed by atoms with Crippen molar-refractivity contribution in [3.8, 4) is 0 Å². The monoisotopic (exact) mass is 214 g/mol. The molecule has 0 N–H and O–H groups in total. The van der Waals surface area contributed by atoms with Gasteiger partial charge in [-0.05, 0) is 13.3 Å². The number of carbonyl (C=O) groups is 3. The normalized spacial score (nSPS) is 25.5. The zero-order chi connectivity index (χ0) is 11.4. The standard InChI is InChI=1S/C10H14O5/c1-3-6-7(11)5-8(9(6)12)15-10(13)14-4-2/h6,8H,3-5H2,1-2H3. The second kappa shape index (κ2) is 4.91. The molecule has 0 spiro atoms. The van der Waals surface area contributed by atoms with Crippen molar-refractivity contribution in [2.75, 3.05) is 6.61 Å². The summed E-state index contributed by atoms with van der Waals surface area (Å²) in [6, 6.07) is 0.